The van der Waals surface area contributed by atoms with Gasteiger partial charge in [0.15, 0.2) is 0 Å². The van der Waals surface area contributed by atoms with Crippen molar-refractivity contribution < 1.29 is 0 Å². The lowest BCUT2D eigenvalue weighted by molar-refractivity contribution is 0.475. The normalized spacial score (nSPS) is 38.0. The van der Waals surface area contributed by atoms with Gasteiger partial charge in [-0.15, -0.1) is 0 Å². The molecule has 54 valence electrons. The largest absolute Gasteiger partial charge is 0.312 e. The minimum atomic E-state index is 0.752. The summed E-state index contributed by atoms with van der Waals surface area (Å²) >= 11 is 0. The Balaban J connectivity index is 2.29. The van der Waals surface area contributed by atoms with Crippen molar-refractivity contribution in [1.82, 2.24) is 5.32 Å². The molecule has 1 N–H and O–H groups in total. The summed E-state index contributed by atoms with van der Waals surface area (Å²) in [4.78, 5) is 0. The molecule has 0 radical (unpaired) electrons. The zero-order valence-electron chi connectivity index (χ0n) is 6.48. The predicted molar refractivity (Wildman–Crippen MR) is 40.5 cm³/mol. The molecule has 1 aliphatic rings. The van der Waals surface area contributed by atoms with Crippen LogP contribution in [0.1, 0.15) is 39.5 Å². The van der Waals surface area contributed by atoms with E-state index < -0.39 is 0 Å². The van der Waals surface area contributed by atoms with Crippen LogP contribution in [0.3, 0.4) is 0 Å². The van der Waals surface area contributed by atoms with E-state index in [1.165, 1.54) is 25.7 Å². The average molecular weight is 127 g/mol. The molecule has 0 aromatic heterocycles. The molecule has 1 fully saturated rings. The quantitative estimate of drug-likeness (QED) is 0.524. The van der Waals surface area contributed by atoms with Gasteiger partial charge in [-0.3, -0.25) is 0 Å². The first-order valence-electron chi connectivity index (χ1n) is 4.05. The van der Waals surface area contributed by atoms with Crippen molar-refractivity contribution in [2.75, 3.05) is 0 Å². The number of hydrogen-bond acceptors (Lipinski definition) is 1. The second-order valence-electron chi connectivity index (χ2n) is 3.25. The van der Waals surface area contributed by atoms with Crippen molar-refractivity contribution in [3.8, 4) is 0 Å². The summed E-state index contributed by atoms with van der Waals surface area (Å²) in [6.45, 7) is 4.56. The zero-order valence-corrected chi connectivity index (χ0v) is 6.48. The van der Waals surface area contributed by atoms with Gasteiger partial charge in [-0.05, 0) is 26.7 Å². The maximum atomic E-state index is 3.54. The lowest BCUT2D eigenvalue weighted by Gasteiger charge is -2.13. The summed E-state index contributed by atoms with van der Waals surface area (Å²) < 4.78 is 0. The molecular weight excluding hydrogens is 110 g/mol. The molecule has 1 saturated heterocycles. The smallest absolute Gasteiger partial charge is 0.00412 e. The van der Waals surface area contributed by atoms with Crippen LogP contribution in [0.5, 0.6) is 0 Å². The van der Waals surface area contributed by atoms with E-state index in [9.17, 15) is 0 Å². The average Bonchev–Trinajstić information content (AvgIpc) is 1.93. The van der Waals surface area contributed by atoms with Crippen LogP contribution in [0.25, 0.3) is 0 Å². The van der Waals surface area contributed by atoms with Crippen LogP contribution in [0.4, 0.5) is 0 Å². The van der Waals surface area contributed by atoms with Crippen LogP contribution in [-0.4, -0.2) is 12.1 Å². The molecule has 9 heavy (non-hydrogen) atoms. The Kier molecular flexibility index (Phi) is 2.52. The summed E-state index contributed by atoms with van der Waals surface area (Å²) in [7, 11) is 0. The van der Waals surface area contributed by atoms with Gasteiger partial charge in [0.05, 0.1) is 0 Å². The Morgan fingerprint density at radius 2 is 1.44 bits per heavy atom. The minimum Gasteiger partial charge on any atom is -0.312 e. The molecule has 0 bridgehead atoms. The van der Waals surface area contributed by atoms with Crippen LogP contribution in [0, 0.1) is 0 Å². The second-order valence-corrected chi connectivity index (χ2v) is 3.25. The summed E-state index contributed by atoms with van der Waals surface area (Å²) in [6.07, 6.45) is 5.56. The van der Waals surface area contributed by atoms with E-state index in [-0.39, 0.29) is 0 Å². The van der Waals surface area contributed by atoms with E-state index in [0.29, 0.717) is 0 Å². The SMILES string of the molecule is C[C@H]1CCCC[C@H](C)N1. The van der Waals surface area contributed by atoms with E-state index >= 15 is 0 Å². The Hall–Kier alpha value is -0.0400. The molecule has 0 amide bonds. The molecule has 0 saturated carbocycles. The topological polar surface area (TPSA) is 12.0 Å². The van der Waals surface area contributed by atoms with Gasteiger partial charge in [0.25, 0.3) is 0 Å². The fraction of sp³-hybridized carbons (Fsp3) is 1.00. The summed E-state index contributed by atoms with van der Waals surface area (Å²) in [6, 6.07) is 1.50. The van der Waals surface area contributed by atoms with Gasteiger partial charge in [-0.25, -0.2) is 0 Å². The van der Waals surface area contributed by atoms with Gasteiger partial charge in [0.2, 0.25) is 0 Å². The third kappa shape index (κ3) is 2.35. The lowest BCUT2D eigenvalue weighted by atomic mass is 10.1. The molecule has 0 aromatic carbocycles. The van der Waals surface area contributed by atoms with E-state index in [2.05, 4.69) is 19.2 Å². The van der Waals surface area contributed by atoms with E-state index in [0.717, 1.165) is 12.1 Å². The highest BCUT2D eigenvalue weighted by Gasteiger charge is 2.10. The van der Waals surface area contributed by atoms with Crippen LogP contribution in [0.2, 0.25) is 0 Å². The maximum absolute atomic E-state index is 3.54. The molecule has 0 aromatic rings. The predicted octanol–water partition coefficient (Wildman–Crippen LogP) is 1.93. The lowest BCUT2D eigenvalue weighted by Crippen LogP contribution is -2.32. The highest BCUT2D eigenvalue weighted by atomic mass is 14.9. The van der Waals surface area contributed by atoms with Crippen molar-refractivity contribution in [3.05, 3.63) is 0 Å². The maximum Gasteiger partial charge on any atom is 0.00412 e. The van der Waals surface area contributed by atoms with Crippen molar-refractivity contribution in [1.29, 1.82) is 0 Å². The number of nitrogens with one attached hydrogen (secondary N) is 1. The van der Waals surface area contributed by atoms with Gasteiger partial charge in [0, 0.05) is 12.1 Å². The van der Waals surface area contributed by atoms with Gasteiger partial charge in [-0.2, -0.15) is 0 Å². The molecule has 1 nitrogen and oxygen atoms in total. The van der Waals surface area contributed by atoms with Crippen molar-refractivity contribution in [2.45, 2.75) is 51.6 Å². The Bertz CT molecular complexity index is 70.6. The third-order valence-electron chi connectivity index (χ3n) is 2.09. The van der Waals surface area contributed by atoms with Gasteiger partial charge in [-0.1, -0.05) is 12.8 Å². The highest BCUT2D eigenvalue weighted by Crippen LogP contribution is 2.11. The Morgan fingerprint density at radius 1 is 1.00 bits per heavy atom. The van der Waals surface area contributed by atoms with Crippen LogP contribution < -0.4 is 5.32 Å². The summed E-state index contributed by atoms with van der Waals surface area (Å²) in [5.74, 6) is 0. The first-order valence-corrected chi connectivity index (χ1v) is 4.05. The molecule has 2 atom stereocenters. The number of hydrogen-bond donors (Lipinski definition) is 1. The molecule has 1 heteroatoms. The Morgan fingerprint density at radius 3 is 1.89 bits per heavy atom. The van der Waals surface area contributed by atoms with Crippen molar-refractivity contribution in [3.63, 3.8) is 0 Å². The monoisotopic (exact) mass is 127 g/mol. The summed E-state index contributed by atoms with van der Waals surface area (Å²) in [5.41, 5.74) is 0. The van der Waals surface area contributed by atoms with Crippen LogP contribution in [-0.2, 0) is 0 Å². The molecule has 1 heterocycles. The fourth-order valence-corrected chi connectivity index (χ4v) is 1.55. The van der Waals surface area contributed by atoms with Crippen molar-refractivity contribution >= 4 is 0 Å². The molecule has 0 spiro atoms. The van der Waals surface area contributed by atoms with Crippen molar-refractivity contribution in [2.24, 2.45) is 0 Å². The molecular formula is C8H17N. The summed E-state index contributed by atoms with van der Waals surface area (Å²) in [5, 5.41) is 3.54. The van der Waals surface area contributed by atoms with E-state index in [1.54, 1.807) is 0 Å². The molecule has 0 aliphatic carbocycles. The second kappa shape index (κ2) is 3.21. The van der Waals surface area contributed by atoms with Gasteiger partial charge in [0.1, 0.15) is 0 Å². The molecule has 0 unspecified atom stereocenters. The first-order chi connectivity index (χ1) is 4.29. The Labute approximate surface area is 57.8 Å². The first kappa shape index (κ1) is 7.07. The third-order valence-corrected chi connectivity index (χ3v) is 2.09. The zero-order chi connectivity index (χ0) is 6.69. The number of rotatable bonds is 0. The van der Waals surface area contributed by atoms with E-state index in [1.807, 2.05) is 0 Å². The molecule has 1 rings (SSSR count). The van der Waals surface area contributed by atoms with Gasteiger partial charge < -0.3 is 5.32 Å². The van der Waals surface area contributed by atoms with Crippen LogP contribution in [0.15, 0.2) is 0 Å². The molecule has 1 aliphatic heterocycles. The fourth-order valence-electron chi connectivity index (χ4n) is 1.55. The van der Waals surface area contributed by atoms with Gasteiger partial charge >= 0.3 is 0 Å². The van der Waals surface area contributed by atoms with Crippen LogP contribution >= 0.6 is 0 Å². The minimum absolute atomic E-state index is 0.752. The van der Waals surface area contributed by atoms with E-state index in [4.69, 9.17) is 0 Å². The highest BCUT2D eigenvalue weighted by molar-refractivity contribution is 4.71. The standard InChI is InChI=1S/C8H17N/c1-7-5-3-4-6-8(2)9-7/h7-9H,3-6H2,1-2H3/t7-,8-/m0/s1.